The van der Waals surface area contributed by atoms with Gasteiger partial charge in [0.2, 0.25) is 0 Å². The van der Waals surface area contributed by atoms with Crippen LogP contribution in [0.1, 0.15) is 22.7 Å². The van der Waals surface area contributed by atoms with Gasteiger partial charge in [-0.25, -0.2) is 0 Å². The number of aliphatic hydroxyl groups is 1. The number of aromatic nitrogens is 1. The Morgan fingerprint density at radius 1 is 0.875 bits per heavy atom. The SMILES string of the molecule is COc1cccc(/C(O)=C2/C(=O)C(=O)N(CCc3c[nH]c4ccc(OC)cc34)C2c2ccc(OC)cc2OC)c1. The fraction of sp³-hybridized carbons (Fsp3) is 0.226. The summed E-state index contributed by atoms with van der Waals surface area (Å²) in [5.41, 5.74) is 2.78. The summed E-state index contributed by atoms with van der Waals surface area (Å²) in [6.45, 7) is 0.212. The topological polar surface area (TPSA) is 110 Å². The first-order chi connectivity index (χ1) is 19.4. The highest BCUT2D eigenvalue weighted by Crippen LogP contribution is 2.44. The molecule has 40 heavy (non-hydrogen) atoms. The van der Waals surface area contributed by atoms with Crippen molar-refractivity contribution < 1.29 is 33.6 Å². The van der Waals surface area contributed by atoms with E-state index in [1.165, 1.54) is 19.1 Å². The summed E-state index contributed by atoms with van der Waals surface area (Å²) in [6.07, 6.45) is 2.34. The highest BCUT2D eigenvalue weighted by atomic mass is 16.5. The van der Waals surface area contributed by atoms with Gasteiger partial charge in [-0.05, 0) is 54.4 Å². The number of ether oxygens (including phenoxy) is 4. The Labute approximate surface area is 231 Å². The number of methoxy groups -OCH3 is 4. The monoisotopic (exact) mass is 542 g/mol. The van der Waals surface area contributed by atoms with Crippen molar-refractivity contribution in [3.63, 3.8) is 0 Å². The smallest absolute Gasteiger partial charge is 0.295 e. The van der Waals surface area contributed by atoms with Crippen molar-refractivity contribution in [3.8, 4) is 23.0 Å². The molecule has 4 aromatic rings. The molecule has 1 saturated heterocycles. The fourth-order valence-corrected chi connectivity index (χ4v) is 5.14. The van der Waals surface area contributed by atoms with Crippen molar-refractivity contribution in [3.05, 3.63) is 89.1 Å². The summed E-state index contributed by atoms with van der Waals surface area (Å²) >= 11 is 0. The van der Waals surface area contributed by atoms with Crippen LogP contribution in [0.25, 0.3) is 16.7 Å². The van der Waals surface area contributed by atoms with Gasteiger partial charge in [-0.3, -0.25) is 9.59 Å². The summed E-state index contributed by atoms with van der Waals surface area (Å²) in [6, 6.07) is 16.7. The predicted molar refractivity (Wildman–Crippen MR) is 150 cm³/mol. The molecule has 2 N–H and O–H groups in total. The Balaban J connectivity index is 1.61. The average molecular weight is 543 g/mol. The van der Waals surface area contributed by atoms with Crippen molar-refractivity contribution in [2.24, 2.45) is 0 Å². The van der Waals surface area contributed by atoms with Crippen molar-refractivity contribution in [2.75, 3.05) is 35.0 Å². The molecule has 0 radical (unpaired) electrons. The summed E-state index contributed by atoms with van der Waals surface area (Å²) < 4.78 is 21.7. The number of fused-ring (bicyclic) bond motifs is 1. The lowest BCUT2D eigenvalue weighted by Crippen LogP contribution is -2.31. The number of aromatic amines is 1. The normalized spacial score (nSPS) is 16.4. The summed E-state index contributed by atoms with van der Waals surface area (Å²) in [5, 5.41) is 12.4. The zero-order valence-electron chi connectivity index (χ0n) is 22.7. The van der Waals surface area contributed by atoms with E-state index < -0.39 is 17.7 Å². The number of hydrogen-bond donors (Lipinski definition) is 2. The van der Waals surface area contributed by atoms with Gasteiger partial charge in [-0.2, -0.15) is 0 Å². The maximum Gasteiger partial charge on any atom is 0.295 e. The average Bonchev–Trinajstić information content (AvgIpc) is 3.52. The Bertz CT molecular complexity index is 1620. The molecule has 5 rings (SSSR count). The number of nitrogens with one attached hydrogen (secondary N) is 1. The van der Waals surface area contributed by atoms with E-state index >= 15 is 0 Å². The third kappa shape index (κ3) is 4.70. The molecular weight excluding hydrogens is 512 g/mol. The van der Waals surface area contributed by atoms with Gasteiger partial charge in [0.1, 0.15) is 28.8 Å². The number of ketones is 1. The predicted octanol–water partition coefficient (Wildman–Crippen LogP) is 4.87. The summed E-state index contributed by atoms with van der Waals surface area (Å²) in [4.78, 5) is 31.8. The minimum absolute atomic E-state index is 0.0256. The zero-order chi connectivity index (χ0) is 28.4. The number of Topliss-reactive ketones (excluding diaryl/α,β-unsaturated/α-hetero) is 1. The van der Waals surface area contributed by atoms with Crippen molar-refractivity contribution in [1.29, 1.82) is 0 Å². The van der Waals surface area contributed by atoms with E-state index in [9.17, 15) is 14.7 Å². The Hall–Kier alpha value is -4.92. The number of H-pyrrole nitrogens is 1. The number of rotatable bonds is 9. The van der Waals surface area contributed by atoms with Crippen molar-refractivity contribution >= 4 is 28.4 Å². The number of likely N-dealkylation sites (tertiary alicyclic amines) is 1. The van der Waals surface area contributed by atoms with E-state index in [1.807, 2.05) is 24.4 Å². The first-order valence-electron chi connectivity index (χ1n) is 12.7. The van der Waals surface area contributed by atoms with Gasteiger partial charge >= 0.3 is 0 Å². The lowest BCUT2D eigenvalue weighted by Gasteiger charge is -2.27. The second-order valence-corrected chi connectivity index (χ2v) is 9.31. The first-order valence-corrected chi connectivity index (χ1v) is 12.7. The summed E-state index contributed by atoms with van der Waals surface area (Å²) in [7, 11) is 6.17. The fourth-order valence-electron chi connectivity index (χ4n) is 5.14. The number of nitrogens with zero attached hydrogens (tertiary/aromatic N) is 1. The molecule has 1 aliphatic heterocycles. The van der Waals surface area contributed by atoms with Crippen LogP contribution in [0.3, 0.4) is 0 Å². The zero-order valence-corrected chi connectivity index (χ0v) is 22.7. The van der Waals surface area contributed by atoms with Crippen LogP contribution in [0.4, 0.5) is 0 Å². The molecule has 206 valence electrons. The molecule has 1 aromatic heterocycles. The van der Waals surface area contributed by atoms with Crippen LogP contribution in [0.2, 0.25) is 0 Å². The van der Waals surface area contributed by atoms with E-state index in [1.54, 1.807) is 56.7 Å². The molecule has 1 unspecified atom stereocenters. The van der Waals surface area contributed by atoms with Gasteiger partial charge in [0.05, 0.1) is 40.1 Å². The van der Waals surface area contributed by atoms with E-state index in [2.05, 4.69) is 4.98 Å². The number of carbonyl (C=O) groups is 2. The molecule has 0 bridgehead atoms. The Morgan fingerprint density at radius 2 is 1.57 bits per heavy atom. The van der Waals surface area contributed by atoms with Gasteiger partial charge in [-0.15, -0.1) is 0 Å². The number of aliphatic hydroxyl groups excluding tert-OH is 1. The third-order valence-corrected chi connectivity index (χ3v) is 7.22. The van der Waals surface area contributed by atoms with E-state index in [0.717, 1.165) is 22.2 Å². The van der Waals surface area contributed by atoms with E-state index in [-0.39, 0.29) is 17.9 Å². The first kappa shape index (κ1) is 26.7. The molecule has 0 saturated carbocycles. The van der Waals surface area contributed by atoms with Crippen molar-refractivity contribution in [1.82, 2.24) is 9.88 Å². The minimum atomic E-state index is -0.896. The molecule has 1 fully saturated rings. The lowest BCUT2D eigenvalue weighted by molar-refractivity contribution is -0.139. The van der Waals surface area contributed by atoms with Gasteiger partial charge in [0, 0.05) is 40.8 Å². The van der Waals surface area contributed by atoms with Gasteiger partial charge < -0.3 is 33.9 Å². The highest BCUT2D eigenvalue weighted by molar-refractivity contribution is 6.46. The standard InChI is InChI=1S/C31H30N2O7/c1-37-20-7-5-6-18(14-20)29(34)27-28(23-10-8-22(39-3)16-26(23)40-4)33(31(36)30(27)35)13-12-19-17-32-25-11-9-21(38-2)15-24(19)25/h5-11,14-17,28,32,34H,12-13H2,1-4H3/b29-27-. The molecule has 1 atom stereocenters. The molecular formula is C31H30N2O7. The van der Waals surface area contributed by atoms with Crippen LogP contribution in [0.5, 0.6) is 23.0 Å². The van der Waals surface area contributed by atoms with Crippen molar-refractivity contribution in [2.45, 2.75) is 12.5 Å². The van der Waals surface area contributed by atoms with Crippen LogP contribution in [0.15, 0.2) is 72.4 Å². The third-order valence-electron chi connectivity index (χ3n) is 7.22. The van der Waals surface area contributed by atoms with Crippen LogP contribution in [-0.4, -0.2) is 61.7 Å². The second-order valence-electron chi connectivity index (χ2n) is 9.31. The maximum atomic E-state index is 13.5. The molecule has 1 amide bonds. The Morgan fingerprint density at radius 3 is 2.30 bits per heavy atom. The number of benzene rings is 3. The quantitative estimate of drug-likeness (QED) is 0.176. The van der Waals surface area contributed by atoms with Gasteiger partial charge in [0.25, 0.3) is 11.7 Å². The molecule has 3 aromatic carbocycles. The molecule has 0 spiro atoms. The van der Waals surface area contributed by atoms with E-state index in [0.29, 0.717) is 34.8 Å². The van der Waals surface area contributed by atoms with E-state index in [4.69, 9.17) is 18.9 Å². The molecule has 9 heteroatoms. The molecule has 0 aliphatic carbocycles. The number of hydrogen-bond acceptors (Lipinski definition) is 7. The molecule has 9 nitrogen and oxygen atoms in total. The lowest BCUT2D eigenvalue weighted by atomic mass is 9.94. The van der Waals surface area contributed by atoms with Gasteiger partial charge in [-0.1, -0.05) is 12.1 Å². The Kier molecular flexibility index (Phi) is 7.37. The number of carbonyl (C=O) groups excluding carboxylic acids is 2. The highest BCUT2D eigenvalue weighted by Gasteiger charge is 2.47. The van der Waals surface area contributed by atoms with Crippen LogP contribution in [0, 0.1) is 0 Å². The minimum Gasteiger partial charge on any atom is -0.507 e. The van der Waals surface area contributed by atoms with Crippen LogP contribution in [-0.2, 0) is 16.0 Å². The van der Waals surface area contributed by atoms with Gasteiger partial charge in [0.15, 0.2) is 0 Å². The molecule has 2 heterocycles. The second kappa shape index (κ2) is 11.1. The largest absolute Gasteiger partial charge is 0.507 e. The number of amides is 1. The maximum absolute atomic E-state index is 13.5. The molecule has 1 aliphatic rings. The van der Waals surface area contributed by atoms with Crippen LogP contribution >= 0.6 is 0 Å². The van der Waals surface area contributed by atoms with Crippen LogP contribution < -0.4 is 18.9 Å². The summed E-state index contributed by atoms with van der Waals surface area (Å²) in [5.74, 6) is 0.428.